The highest BCUT2D eigenvalue weighted by Crippen LogP contribution is 2.38. The number of amides is 1. The minimum atomic E-state index is -0.151. The first kappa shape index (κ1) is 22.4. The van der Waals surface area contributed by atoms with Gasteiger partial charge in [0.15, 0.2) is 5.65 Å². The summed E-state index contributed by atoms with van der Waals surface area (Å²) in [6, 6.07) is 9.31. The molecule has 2 aliphatic rings. The molecule has 34 heavy (non-hydrogen) atoms. The molecule has 1 saturated heterocycles. The number of anilines is 3. The summed E-state index contributed by atoms with van der Waals surface area (Å²) in [5.41, 5.74) is 3.32. The molecule has 0 unspecified atom stereocenters. The number of nitrogens with zero attached hydrogens (tertiary/aromatic N) is 3. The molecule has 0 radical (unpaired) electrons. The third kappa shape index (κ3) is 4.51. The monoisotopic (exact) mass is 478 g/mol. The van der Waals surface area contributed by atoms with Crippen LogP contribution in [0.1, 0.15) is 37.7 Å². The largest absolute Gasteiger partial charge is 0.396 e. The van der Waals surface area contributed by atoms with Crippen molar-refractivity contribution in [3.05, 3.63) is 65.0 Å². The van der Waals surface area contributed by atoms with Crippen LogP contribution in [0.3, 0.4) is 0 Å². The topological polar surface area (TPSA) is 104 Å². The number of nitrogens with one attached hydrogen (secondary N) is 3. The van der Waals surface area contributed by atoms with Crippen LogP contribution in [0, 0.1) is 5.41 Å². The molecular formula is C25H27ClN6O2. The number of fused-ring (bicyclic) bond motifs is 1. The summed E-state index contributed by atoms with van der Waals surface area (Å²) in [7, 11) is 0. The fraction of sp³-hybridized carbons (Fsp3) is 0.320. The minimum absolute atomic E-state index is 0.129. The highest BCUT2D eigenvalue weighted by atomic mass is 35.5. The zero-order valence-electron chi connectivity index (χ0n) is 18.8. The standard InChI is InChI=1S/C25H27ClN6O2/c1-16-9-17(24(34)29-16)10-18-13-28-32-22(27-14-25(15-33)7-2-3-8-25)12-21(31-23(18)32)30-20-6-4-5-19(26)11-20/h4-6,10-13,27,33H,1-3,7-9,14-15H2,(H,29,34)(H,30,31)/b17-10+. The second-order valence-electron chi connectivity index (χ2n) is 9.12. The third-order valence-corrected chi connectivity index (χ3v) is 6.79. The fourth-order valence-corrected chi connectivity index (χ4v) is 4.87. The first-order valence-electron chi connectivity index (χ1n) is 11.4. The van der Waals surface area contributed by atoms with Crippen molar-refractivity contribution in [3.63, 3.8) is 0 Å². The Hall–Kier alpha value is -3.36. The van der Waals surface area contributed by atoms with Crippen molar-refractivity contribution in [2.24, 2.45) is 5.41 Å². The molecule has 4 N–H and O–H groups in total. The van der Waals surface area contributed by atoms with Crippen LogP contribution in [0.15, 0.2) is 54.4 Å². The summed E-state index contributed by atoms with van der Waals surface area (Å²) in [6.07, 6.45) is 8.23. The molecule has 1 aliphatic heterocycles. The van der Waals surface area contributed by atoms with Gasteiger partial charge >= 0.3 is 0 Å². The Kier molecular flexibility index (Phi) is 6.02. The van der Waals surface area contributed by atoms with E-state index >= 15 is 0 Å². The van der Waals surface area contributed by atoms with Crippen LogP contribution in [0.25, 0.3) is 11.7 Å². The number of benzene rings is 1. The van der Waals surface area contributed by atoms with E-state index in [4.69, 9.17) is 16.6 Å². The Morgan fingerprint density at radius 2 is 2.12 bits per heavy atom. The molecule has 3 aromatic rings. The Labute approximate surface area is 202 Å². The molecule has 9 heteroatoms. The Morgan fingerprint density at radius 3 is 2.82 bits per heavy atom. The van der Waals surface area contributed by atoms with Gasteiger partial charge in [0.1, 0.15) is 11.6 Å². The normalized spacial score (nSPS) is 18.6. The van der Waals surface area contributed by atoms with E-state index in [1.54, 1.807) is 10.7 Å². The molecule has 0 atom stereocenters. The van der Waals surface area contributed by atoms with Gasteiger partial charge in [0.2, 0.25) is 0 Å². The summed E-state index contributed by atoms with van der Waals surface area (Å²) < 4.78 is 1.73. The second-order valence-corrected chi connectivity index (χ2v) is 9.56. The number of carbonyl (C=O) groups is 1. The number of allylic oxidation sites excluding steroid dienone is 1. The van der Waals surface area contributed by atoms with Crippen LogP contribution in [0.2, 0.25) is 5.02 Å². The second kappa shape index (κ2) is 9.12. The average Bonchev–Trinajstić information content (AvgIpc) is 3.52. The number of carbonyl (C=O) groups excluding carboxylic acids is 1. The van der Waals surface area contributed by atoms with E-state index in [1.807, 2.05) is 36.4 Å². The van der Waals surface area contributed by atoms with Crippen molar-refractivity contribution in [2.45, 2.75) is 32.1 Å². The first-order valence-corrected chi connectivity index (χ1v) is 11.8. The van der Waals surface area contributed by atoms with Gasteiger partial charge in [-0.15, -0.1) is 0 Å². The lowest BCUT2D eigenvalue weighted by Gasteiger charge is -2.27. The van der Waals surface area contributed by atoms with Gasteiger partial charge in [0.05, 0.1) is 12.8 Å². The van der Waals surface area contributed by atoms with E-state index in [-0.39, 0.29) is 17.9 Å². The predicted octanol–water partition coefficient (Wildman–Crippen LogP) is 4.51. The molecule has 176 valence electrons. The quantitative estimate of drug-likeness (QED) is 0.372. The maximum Gasteiger partial charge on any atom is 0.251 e. The molecule has 1 amide bonds. The molecule has 5 rings (SSSR count). The average molecular weight is 479 g/mol. The number of hydrogen-bond acceptors (Lipinski definition) is 6. The SMILES string of the molecule is C=C1C/C(=C\c2cnn3c(NCC4(CO)CCCC4)cc(Nc4cccc(Cl)c4)nc23)C(=O)N1. The van der Waals surface area contributed by atoms with Crippen LogP contribution < -0.4 is 16.0 Å². The maximum atomic E-state index is 12.2. The van der Waals surface area contributed by atoms with Crippen LogP contribution in [0.4, 0.5) is 17.3 Å². The predicted molar refractivity (Wildman–Crippen MR) is 134 cm³/mol. The lowest BCUT2D eigenvalue weighted by atomic mass is 9.87. The first-order chi connectivity index (χ1) is 16.4. The molecule has 1 saturated carbocycles. The molecule has 0 spiro atoms. The Balaban J connectivity index is 1.53. The molecule has 1 aromatic carbocycles. The summed E-state index contributed by atoms with van der Waals surface area (Å²) in [5.74, 6) is 1.21. The van der Waals surface area contributed by atoms with Crippen molar-refractivity contribution in [3.8, 4) is 0 Å². The van der Waals surface area contributed by atoms with Crippen molar-refractivity contribution in [1.82, 2.24) is 19.9 Å². The van der Waals surface area contributed by atoms with Gasteiger partial charge in [-0.3, -0.25) is 4.79 Å². The van der Waals surface area contributed by atoms with Gasteiger partial charge in [-0.1, -0.05) is 37.1 Å². The number of rotatable bonds is 7. The number of halogens is 1. The van der Waals surface area contributed by atoms with E-state index < -0.39 is 0 Å². The molecule has 2 aromatic heterocycles. The minimum Gasteiger partial charge on any atom is -0.396 e. The number of hydrogen-bond donors (Lipinski definition) is 4. The van der Waals surface area contributed by atoms with Crippen LogP contribution in [-0.4, -0.2) is 38.8 Å². The molecule has 1 aliphatic carbocycles. The molecule has 8 nitrogen and oxygen atoms in total. The van der Waals surface area contributed by atoms with Gasteiger partial charge in [-0.25, -0.2) is 4.98 Å². The lowest BCUT2D eigenvalue weighted by Crippen LogP contribution is -2.31. The van der Waals surface area contributed by atoms with Crippen LogP contribution in [-0.2, 0) is 4.79 Å². The summed E-state index contributed by atoms with van der Waals surface area (Å²) >= 11 is 6.16. The maximum absolute atomic E-state index is 12.2. The Bertz CT molecular complexity index is 1290. The van der Waals surface area contributed by atoms with Crippen LogP contribution in [0.5, 0.6) is 0 Å². The van der Waals surface area contributed by atoms with Crippen molar-refractivity contribution >= 4 is 46.6 Å². The third-order valence-electron chi connectivity index (χ3n) is 6.56. The molecule has 3 heterocycles. The van der Waals surface area contributed by atoms with Crippen molar-refractivity contribution in [2.75, 3.05) is 23.8 Å². The number of aromatic nitrogens is 3. The number of aliphatic hydroxyl groups is 1. The van der Waals surface area contributed by atoms with E-state index in [0.717, 1.165) is 42.8 Å². The van der Waals surface area contributed by atoms with Gasteiger partial charge in [-0.2, -0.15) is 9.61 Å². The fourth-order valence-electron chi connectivity index (χ4n) is 4.68. The zero-order chi connectivity index (χ0) is 23.7. The van der Waals surface area contributed by atoms with Gasteiger partial charge < -0.3 is 21.1 Å². The lowest BCUT2D eigenvalue weighted by molar-refractivity contribution is -0.115. The van der Waals surface area contributed by atoms with E-state index in [1.165, 1.54) is 0 Å². The van der Waals surface area contributed by atoms with Crippen molar-refractivity contribution < 1.29 is 9.90 Å². The summed E-state index contributed by atoms with van der Waals surface area (Å²) in [4.78, 5) is 17.0. The van der Waals surface area contributed by atoms with Crippen molar-refractivity contribution in [1.29, 1.82) is 0 Å². The Morgan fingerprint density at radius 1 is 1.29 bits per heavy atom. The number of aliphatic hydroxyl groups excluding tert-OH is 1. The van der Waals surface area contributed by atoms with E-state index in [0.29, 0.717) is 40.7 Å². The van der Waals surface area contributed by atoms with Gasteiger partial charge in [0, 0.05) is 52.0 Å². The highest BCUT2D eigenvalue weighted by Gasteiger charge is 2.33. The molecule has 0 bridgehead atoms. The van der Waals surface area contributed by atoms with E-state index in [2.05, 4.69) is 27.6 Å². The summed E-state index contributed by atoms with van der Waals surface area (Å²) in [5, 5.41) is 24.8. The van der Waals surface area contributed by atoms with E-state index in [9.17, 15) is 9.90 Å². The van der Waals surface area contributed by atoms with Gasteiger partial charge in [-0.05, 0) is 37.1 Å². The molecular weight excluding hydrogens is 452 g/mol. The highest BCUT2D eigenvalue weighted by molar-refractivity contribution is 6.30. The van der Waals surface area contributed by atoms with Gasteiger partial charge in [0.25, 0.3) is 5.91 Å². The smallest absolute Gasteiger partial charge is 0.251 e. The molecule has 2 fully saturated rings. The zero-order valence-corrected chi connectivity index (χ0v) is 19.5. The van der Waals surface area contributed by atoms with Crippen LogP contribution >= 0.6 is 11.6 Å². The summed E-state index contributed by atoms with van der Waals surface area (Å²) in [6.45, 7) is 4.63.